The Morgan fingerprint density at radius 3 is 2.76 bits per heavy atom. The van der Waals surface area contributed by atoms with Crippen molar-refractivity contribution in [2.24, 2.45) is 5.92 Å². The van der Waals surface area contributed by atoms with Gasteiger partial charge >= 0.3 is 0 Å². The van der Waals surface area contributed by atoms with Crippen molar-refractivity contribution >= 4 is 11.8 Å². The number of aliphatic hydroxyl groups excluding tert-OH is 1. The maximum absolute atomic E-state index is 12.1. The Morgan fingerprint density at radius 1 is 1.08 bits per heavy atom. The summed E-state index contributed by atoms with van der Waals surface area (Å²) < 4.78 is 1.96. The molecule has 4 rings (SSSR count). The van der Waals surface area contributed by atoms with Gasteiger partial charge in [0.05, 0.1) is 6.10 Å². The van der Waals surface area contributed by atoms with Gasteiger partial charge < -0.3 is 9.67 Å². The van der Waals surface area contributed by atoms with E-state index in [0.29, 0.717) is 24.1 Å². The zero-order chi connectivity index (χ0) is 17.2. The minimum atomic E-state index is -0.331. The lowest BCUT2D eigenvalue weighted by Crippen LogP contribution is -2.49. The van der Waals surface area contributed by atoms with Gasteiger partial charge in [-0.25, -0.2) is 0 Å². The Kier molecular flexibility index (Phi) is 4.97. The van der Waals surface area contributed by atoms with Crippen LogP contribution in [0.1, 0.15) is 18.0 Å². The lowest BCUT2D eigenvalue weighted by Gasteiger charge is -2.43. The molecule has 1 aromatic heterocycles. The summed E-state index contributed by atoms with van der Waals surface area (Å²) >= 11 is 1.71. The predicted molar refractivity (Wildman–Crippen MR) is 101 cm³/mol. The quantitative estimate of drug-likeness (QED) is 0.836. The molecule has 132 valence electrons. The maximum Gasteiger partial charge on any atom is 0.250 e. The largest absolute Gasteiger partial charge is 0.391 e. The molecule has 0 amide bonds. The molecule has 2 bridgehead atoms. The number of piperidine rings is 1. The van der Waals surface area contributed by atoms with E-state index in [0.717, 1.165) is 26.1 Å². The van der Waals surface area contributed by atoms with E-state index in [4.69, 9.17) is 0 Å². The summed E-state index contributed by atoms with van der Waals surface area (Å²) in [6.07, 6.45) is 0.830. The lowest BCUT2D eigenvalue weighted by atomic mass is 9.83. The molecule has 0 unspecified atom stereocenters. The fourth-order valence-corrected chi connectivity index (χ4v) is 5.04. The van der Waals surface area contributed by atoms with Gasteiger partial charge in [0.1, 0.15) is 0 Å². The monoisotopic (exact) mass is 356 g/mol. The van der Waals surface area contributed by atoms with Crippen molar-refractivity contribution in [2.45, 2.75) is 29.9 Å². The molecule has 5 heteroatoms. The number of aromatic nitrogens is 1. The second-order valence-electron chi connectivity index (χ2n) is 7.19. The average molecular weight is 356 g/mol. The van der Waals surface area contributed by atoms with E-state index in [-0.39, 0.29) is 11.7 Å². The SMILES string of the molecule is O=c1cccc2n1C[C@H]1C[C@@H]2CN(C[C@H](O)CSc2ccccc2)C1. The third-order valence-electron chi connectivity index (χ3n) is 5.21. The summed E-state index contributed by atoms with van der Waals surface area (Å²) in [5, 5.41) is 10.4. The van der Waals surface area contributed by atoms with Crippen LogP contribution in [0.4, 0.5) is 0 Å². The number of rotatable bonds is 5. The predicted octanol–water partition coefficient (Wildman–Crippen LogP) is 2.42. The molecule has 1 saturated heterocycles. The van der Waals surface area contributed by atoms with E-state index in [9.17, 15) is 9.90 Å². The number of benzene rings is 1. The minimum Gasteiger partial charge on any atom is -0.391 e. The Morgan fingerprint density at radius 2 is 1.92 bits per heavy atom. The van der Waals surface area contributed by atoms with Gasteiger partial charge in [-0.05, 0) is 30.5 Å². The Bertz CT molecular complexity index is 777. The smallest absolute Gasteiger partial charge is 0.250 e. The molecule has 0 radical (unpaired) electrons. The molecule has 2 aliphatic rings. The zero-order valence-corrected chi connectivity index (χ0v) is 15.1. The summed E-state index contributed by atoms with van der Waals surface area (Å²) in [7, 11) is 0. The number of nitrogens with zero attached hydrogens (tertiary/aromatic N) is 2. The van der Waals surface area contributed by atoms with Crippen molar-refractivity contribution in [1.29, 1.82) is 0 Å². The van der Waals surface area contributed by atoms with Crippen molar-refractivity contribution < 1.29 is 5.11 Å². The summed E-state index contributed by atoms with van der Waals surface area (Å²) in [4.78, 5) is 15.7. The molecule has 0 aliphatic carbocycles. The fourth-order valence-electron chi connectivity index (χ4n) is 4.20. The van der Waals surface area contributed by atoms with Gasteiger partial charge in [-0.15, -0.1) is 11.8 Å². The number of aliphatic hydroxyl groups is 1. The number of pyridine rings is 1. The summed E-state index contributed by atoms with van der Waals surface area (Å²) in [5.74, 6) is 1.64. The van der Waals surface area contributed by atoms with E-state index < -0.39 is 0 Å². The number of β-amino-alcohol motifs (C(OH)–C–C–N with tert-alkyl or cyclic N) is 1. The van der Waals surface area contributed by atoms with Crippen LogP contribution in [0.25, 0.3) is 0 Å². The van der Waals surface area contributed by atoms with E-state index in [1.807, 2.05) is 28.8 Å². The Labute approximate surface area is 152 Å². The number of hydrogen-bond acceptors (Lipinski definition) is 4. The first-order valence-electron chi connectivity index (χ1n) is 8.97. The summed E-state index contributed by atoms with van der Waals surface area (Å²) in [6, 6.07) is 15.9. The highest BCUT2D eigenvalue weighted by molar-refractivity contribution is 7.99. The van der Waals surface area contributed by atoms with Crippen LogP contribution in [0.2, 0.25) is 0 Å². The molecule has 0 spiro atoms. The topological polar surface area (TPSA) is 45.5 Å². The molecule has 3 heterocycles. The molecule has 4 nitrogen and oxygen atoms in total. The highest BCUT2D eigenvalue weighted by Gasteiger charge is 2.34. The van der Waals surface area contributed by atoms with Gasteiger partial charge in [-0.3, -0.25) is 9.69 Å². The zero-order valence-electron chi connectivity index (χ0n) is 14.3. The normalized spacial score (nSPS) is 23.9. The third kappa shape index (κ3) is 3.84. The molecule has 1 fully saturated rings. The highest BCUT2D eigenvalue weighted by Crippen LogP contribution is 2.35. The third-order valence-corrected chi connectivity index (χ3v) is 6.37. The van der Waals surface area contributed by atoms with Crippen LogP contribution in [0.3, 0.4) is 0 Å². The summed E-state index contributed by atoms with van der Waals surface area (Å²) in [6.45, 7) is 3.44. The molecular weight excluding hydrogens is 332 g/mol. The highest BCUT2D eigenvalue weighted by atomic mass is 32.2. The van der Waals surface area contributed by atoms with Gasteiger partial charge in [0.15, 0.2) is 0 Å². The van der Waals surface area contributed by atoms with E-state index in [1.165, 1.54) is 10.6 Å². The van der Waals surface area contributed by atoms with E-state index >= 15 is 0 Å². The van der Waals surface area contributed by atoms with Crippen LogP contribution >= 0.6 is 11.8 Å². The van der Waals surface area contributed by atoms with Crippen molar-refractivity contribution in [3.8, 4) is 0 Å². The molecule has 3 atom stereocenters. The van der Waals surface area contributed by atoms with E-state index in [1.54, 1.807) is 17.8 Å². The van der Waals surface area contributed by atoms with E-state index in [2.05, 4.69) is 23.1 Å². The molecule has 0 saturated carbocycles. The Balaban J connectivity index is 1.36. The fraction of sp³-hybridized carbons (Fsp3) is 0.450. The number of likely N-dealkylation sites (tertiary alicyclic amines) is 1. The lowest BCUT2D eigenvalue weighted by molar-refractivity contribution is 0.0717. The van der Waals surface area contributed by atoms with Gasteiger partial charge in [0, 0.05) is 54.5 Å². The molecule has 2 aromatic rings. The van der Waals surface area contributed by atoms with Crippen molar-refractivity contribution in [2.75, 3.05) is 25.4 Å². The Hall–Kier alpha value is -1.56. The first-order valence-corrected chi connectivity index (χ1v) is 9.95. The van der Waals surface area contributed by atoms with Crippen LogP contribution in [0.5, 0.6) is 0 Å². The van der Waals surface area contributed by atoms with Gasteiger partial charge in [0.2, 0.25) is 0 Å². The van der Waals surface area contributed by atoms with Gasteiger partial charge in [-0.1, -0.05) is 24.3 Å². The second kappa shape index (κ2) is 7.36. The maximum atomic E-state index is 12.1. The molecule has 25 heavy (non-hydrogen) atoms. The van der Waals surface area contributed by atoms with Gasteiger partial charge in [0.25, 0.3) is 5.56 Å². The summed E-state index contributed by atoms with van der Waals surface area (Å²) in [5.41, 5.74) is 1.29. The van der Waals surface area contributed by atoms with Crippen LogP contribution in [0, 0.1) is 5.92 Å². The van der Waals surface area contributed by atoms with Crippen LogP contribution in [0.15, 0.2) is 58.2 Å². The average Bonchev–Trinajstić information content (AvgIpc) is 2.62. The van der Waals surface area contributed by atoms with Crippen LogP contribution in [-0.2, 0) is 6.54 Å². The molecule has 1 aromatic carbocycles. The number of thioether (sulfide) groups is 1. The van der Waals surface area contributed by atoms with Crippen molar-refractivity contribution in [1.82, 2.24) is 9.47 Å². The van der Waals surface area contributed by atoms with Crippen LogP contribution < -0.4 is 5.56 Å². The second-order valence-corrected chi connectivity index (χ2v) is 8.29. The number of fused-ring (bicyclic) bond motifs is 4. The first-order chi connectivity index (χ1) is 12.2. The van der Waals surface area contributed by atoms with Crippen molar-refractivity contribution in [3.05, 3.63) is 64.6 Å². The van der Waals surface area contributed by atoms with Crippen LogP contribution in [-0.4, -0.2) is 46.1 Å². The molecule has 1 N–H and O–H groups in total. The molecule has 2 aliphatic heterocycles. The first kappa shape index (κ1) is 16.9. The standard InChI is InChI=1S/C20H24N2O2S/c23-17(14-25-18-5-2-1-3-6-18)13-21-10-15-9-16(12-21)19-7-4-8-20(24)22(19)11-15/h1-8,15-17,23H,9-14H2/t15-,16+,17-/m0/s1. The minimum absolute atomic E-state index is 0.125. The molecular formula is C20H24N2O2S. The van der Waals surface area contributed by atoms with Crippen molar-refractivity contribution in [3.63, 3.8) is 0 Å². The number of hydrogen-bond donors (Lipinski definition) is 1. The van der Waals surface area contributed by atoms with Gasteiger partial charge in [-0.2, -0.15) is 0 Å².